The van der Waals surface area contributed by atoms with Gasteiger partial charge in [0.1, 0.15) is 10.8 Å². The topological polar surface area (TPSA) is 51.2 Å². The summed E-state index contributed by atoms with van der Waals surface area (Å²) < 4.78 is 5.82. The first-order valence-corrected chi connectivity index (χ1v) is 9.43. The first-order chi connectivity index (χ1) is 12.5. The maximum atomic E-state index is 12.3. The minimum absolute atomic E-state index is 0.153. The van der Waals surface area contributed by atoms with Crippen LogP contribution >= 0.6 is 11.3 Å². The van der Waals surface area contributed by atoms with Crippen LogP contribution in [-0.4, -0.2) is 17.0 Å². The minimum atomic E-state index is -0.567. The SMILES string of the molecule is Cc1cccc(O[C@H](C)C(=O)NCc2csc(-c3ccccc3)n2)c1C. The molecule has 0 spiro atoms. The van der Waals surface area contributed by atoms with Crippen LogP contribution in [0.25, 0.3) is 10.6 Å². The van der Waals surface area contributed by atoms with Crippen molar-refractivity contribution in [2.75, 3.05) is 0 Å². The molecule has 26 heavy (non-hydrogen) atoms. The molecule has 0 radical (unpaired) electrons. The second-order valence-corrected chi connectivity index (χ2v) is 7.04. The summed E-state index contributed by atoms with van der Waals surface area (Å²) in [6.07, 6.45) is -0.567. The molecule has 134 valence electrons. The largest absolute Gasteiger partial charge is 0.481 e. The van der Waals surface area contributed by atoms with E-state index < -0.39 is 6.10 Å². The summed E-state index contributed by atoms with van der Waals surface area (Å²) in [6.45, 7) is 6.17. The summed E-state index contributed by atoms with van der Waals surface area (Å²) in [5, 5.41) is 5.82. The van der Waals surface area contributed by atoms with Crippen molar-refractivity contribution in [1.29, 1.82) is 0 Å². The lowest BCUT2D eigenvalue weighted by Crippen LogP contribution is -2.36. The zero-order chi connectivity index (χ0) is 18.5. The van der Waals surface area contributed by atoms with Gasteiger partial charge in [-0.25, -0.2) is 4.98 Å². The maximum absolute atomic E-state index is 12.3. The van der Waals surface area contributed by atoms with E-state index in [1.54, 1.807) is 18.3 Å². The molecule has 0 aliphatic rings. The van der Waals surface area contributed by atoms with E-state index in [1.807, 2.05) is 67.8 Å². The molecule has 0 saturated carbocycles. The van der Waals surface area contributed by atoms with Crippen molar-refractivity contribution in [3.05, 3.63) is 70.7 Å². The Labute approximate surface area is 157 Å². The number of rotatable bonds is 6. The average molecular weight is 366 g/mol. The molecule has 1 aromatic heterocycles. The van der Waals surface area contributed by atoms with Gasteiger partial charge in [-0.15, -0.1) is 11.3 Å². The van der Waals surface area contributed by atoms with Gasteiger partial charge in [-0.2, -0.15) is 0 Å². The van der Waals surface area contributed by atoms with Crippen LogP contribution in [-0.2, 0) is 11.3 Å². The molecule has 3 rings (SSSR count). The Morgan fingerprint density at radius 1 is 1.15 bits per heavy atom. The number of thiazole rings is 1. The quantitative estimate of drug-likeness (QED) is 0.698. The second kappa shape index (κ2) is 8.15. The lowest BCUT2D eigenvalue weighted by molar-refractivity contribution is -0.127. The molecule has 0 unspecified atom stereocenters. The summed E-state index contributed by atoms with van der Waals surface area (Å²) in [5.41, 5.74) is 4.13. The molecule has 0 aliphatic carbocycles. The predicted molar refractivity (Wildman–Crippen MR) is 105 cm³/mol. The van der Waals surface area contributed by atoms with Crippen molar-refractivity contribution in [2.24, 2.45) is 0 Å². The molecule has 1 heterocycles. The molecule has 0 saturated heterocycles. The van der Waals surface area contributed by atoms with E-state index in [9.17, 15) is 4.79 Å². The van der Waals surface area contributed by atoms with Gasteiger partial charge in [-0.1, -0.05) is 42.5 Å². The predicted octanol–water partition coefficient (Wildman–Crippen LogP) is 4.51. The number of carbonyl (C=O) groups excluding carboxylic acids is 1. The number of aromatic nitrogens is 1. The highest BCUT2D eigenvalue weighted by Crippen LogP contribution is 2.23. The molecule has 3 aromatic rings. The molecular weight excluding hydrogens is 344 g/mol. The molecule has 0 bridgehead atoms. The molecule has 5 heteroatoms. The molecule has 0 fully saturated rings. The second-order valence-electron chi connectivity index (χ2n) is 6.19. The van der Waals surface area contributed by atoms with Crippen molar-refractivity contribution in [3.63, 3.8) is 0 Å². The van der Waals surface area contributed by atoms with E-state index >= 15 is 0 Å². The van der Waals surface area contributed by atoms with Gasteiger partial charge in [0.05, 0.1) is 12.2 Å². The smallest absolute Gasteiger partial charge is 0.261 e. The van der Waals surface area contributed by atoms with Crippen LogP contribution in [0.1, 0.15) is 23.7 Å². The van der Waals surface area contributed by atoms with Crippen LogP contribution in [0.2, 0.25) is 0 Å². The summed E-state index contributed by atoms with van der Waals surface area (Å²) in [6, 6.07) is 15.9. The Balaban J connectivity index is 1.57. The van der Waals surface area contributed by atoms with Crippen molar-refractivity contribution in [3.8, 4) is 16.3 Å². The van der Waals surface area contributed by atoms with E-state index in [-0.39, 0.29) is 5.91 Å². The Hall–Kier alpha value is -2.66. The third kappa shape index (κ3) is 4.29. The van der Waals surface area contributed by atoms with Crippen LogP contribution in [0.5, 0.6) is 5.75 Å². The molecule has 0 aliphatic heterocycles. The third-order valence-electron chi connectivity index (χ3n) is 4.24. The van der Waals surface area contributed by atoms with Gasteiger partial charge >= 0.3 is 0 Å². The monoisotopic (exact) mass is 366 g/mol. The van der Waals surface area contributed by atoms with Gasteiger partial charge in [-0.3, -0.25) is 4.79 Å². The number of aryl methyl sites for hydroxylation is 1. The van der Waals surface area contributed by atoms with Crippen LogP contribution in [0.3, 0.4) is 0 Å². The Morgan fingerprint density at radius 3 is 2.69 bits per heavy atom. The maximum Gasteiger partial charge on any atom is 0.261 e. The van der Waals surface area contributed by atoms with Crippen LogP contribution in [0.15, 0.2) is 53.9 Å². The number of hydrogen-bond donors (Lipinski definition) is 1. The molecule has 1 N–H and O–H groups in total. The number of hydrogen-bond acceptors (Lipinski definition) is 4. The lowest BCUT2D eigenvalue weighted by atomic mass is 10.1. The number of nitrogens with zero attached hydrogens (tertiary/aromatic N) is 1. The fourth-order valence-corrected chi connectivity index (χ4v) is 3.34. The van der Waals surface area contributed by atoms with Crippen LogP contribution in [0.4, 0.5) is 0 Å². The Bertz CT molecular complexity index is 890. The van der Waals surface area contributed by atoms with Crippen molar-refractivity contribution in [1.82, 2.24) is 10.3 Å². The summed E-state index contributed by atoms with van der Waals surface area (Å²) >= 11 is 1.58. The third-order valence-corrected chi connectivity index (χ3v) is 5.18. The highest BCUT2D eigenvalue weighted by atomic mass is 32.1. The fourth-order valence-electron chi connectivity index (χ4n) is 2.52. The normalized spacial score (nSPS) is 11.8. The highest BCUT2D eigenvalue weighted by molar-refractivity contribution is 7.13. The first-order valence-electron chi connectivity index (χ1n) is 8.55. The van der Waals surface area contributed by atoms with Crippen molar-refractivity contribution >= 4 is 17.2 Å². The van der Waals surface area contributed by atoms with Gasteiger partial charge in [0.25, 0.3) is 5.91 Å². The van der Waals surface area contributed by atoms with Crippen molar-refractivity contribution in [2.45, 2.75) is 33.4 Å². The number of carbonyl (C=O) groups is 1. The van der Waals surface area contributed by atoms with Crippen LogP contribution < -0.4 is 10.1 Å². The first kappa shape index (κ1) is 18.1. The molecule has 1 atom stereocenters. The van der Waals surface area contributed by atoms with Gasteiger partial charge in [-0.05, 0) is 38.0 Å². The van der Waals surface area contributed by atoms with Gasteiger partial charge in [0, 0.05) is 10.9 Å². The average Bonchev–Trinajstić information content (AvgIpc) is 3.13. The fraction of sp³-hybridized carbons (Fsp3) is 0.238. The molecule has 2 aromatic carbocycles. The standard InChI is InChI=1S/C21H22N2O2S/c1-14-8-7-11-19(15(14)2)25-16(3)20(24)22-12-18-13-26-21(23-18)17-9-5-4-6-10-17/h4-11,13,16H,12H2,1-3H3,(H,22,24)/t16-/m1/s1. The number of nitrogens with one attached hydrogen (secondary N) is 1. The minimum Gasteiger partial charge on any atom is -0.481 e. The number of ether oxygens (including phenoxy) is 1. The molecule has 1 amide bonds. The Kier molecular flexibility index (Phi) is 5.68. The summed E-state index contributed by atoms with van der Waals surface area (Å²) in [7, 11) is 0. The highest BCUT2D eigenvalue weighted by Gasteiger charge is 2.16. The van der Waals surface area contributed by atoms with Crippen molar-refractivity contribution < 1.29 is 9.53 Å². The van der Waals surface area contributed by atoms with Crippen LogP contribution in [0, 0.1) is 13.8 Å². The number of benzene rings is 2. The lowest BCUT2D eigenvalue weighted by Gasteiger charge is -2.16. The zero-order valence-electron chi connectivity index (χ0n) is 15.2. The van der Waals surface area contributed by atoms with Gasteiger partial charge < -0.3 is 10.1 Å². The van der Waals surface area contributed by atoms with E-state index in [4.69, 9.17) is 4.74 Å². The summed E-state index contributed by atoms with van der Waals surface area (Å²) in [4.78, 5) is 16.9. The summed E-state index contributed by atoms with van der Waals surface area (Å²) in [5.74, 6) is 0.591. The van der Waals surface area contributed by atoms with E-state index in [0.29, 0.717) is 6.54 Å². The van der Waals surface area contributed by atoms with E-state index in [1.165, 1.54) is 0 Å². The van der Waals surface area contributed by atoms with E-state index in [2.05, 4.69) is 10.3 Å². The van der Waals surface area contributed by atoms with Gasteiger partial charge in [0.2, 0.25) is 0 Å². The zero-order valence-corrected chi connectivity index (χ0v) is 16.0. The van der Waals surface area contributed by atoms with Gasteiger partial charge in [0.15, 0.2) is 6.10 Å². The Morgan fingerprint density at radius 2 is 1.92 bits per heavy atom. The molecule has 4 nitrogen and oxygen atoms in total. The van der Waals surface area contributed by atoms with E-state index in [0.717, 1.165) is 33.1 Å². The molecular formula is C21H22N2O2S. The number of amides is 1.